The van der Waals surface area contributed by atoms with Crippen molar-refractivity contribution >= 4 is 5.91 Å². The largest absolute Gasteiger partial charge is 0.341 e. The van der Waals surface area contributed by atoms with Gasteiger partial charge in [0.05, 0.1) is 11.6 Å². The molecule has 0 saturated heterocycles. The van der Waals surface area contributed by atoms with E-state index in [0.717, 1.165) is 30.4 Å². The first-order valence-electron chi connectivity index (χ1n) is 7.01. The van der Waals surface area contributed by atoms with E-state index in [9.17, 15) is 4.79 Å². The highest BCUT2D eigenvalue weighted by Gasteiger charge is 2.46. The van der Waals surface area contributed by atoms with E-state index in [2.05, 4.69) is 22.3 Å². The molecule has 2 aromatic rings. The summed E-state index contributed by atoms with van der Waals surface area (Å²) in [5.41, 5.74) is 1.87. The number of benzene rings is 1. The number of nitrogens with zero attached hydrogens (tertiary/aromatic N) is 2. The molecule has 0 bridgehead atoms. The van der Waals surface area contributed by atoms with Gasteiger partial charge >= 0.3 is 0 Å². The van der Waals surface area contributed by atoms with Crippen LogP contribution in [0.4, 0.5) is 0 Å². The van der Waals surface area contributed by atoms with Crippen molar-refractivity contribution in [3.8, 4) is 0 Å². The van der Waals surface area contributed by atoms with Crippen molar-refractivity contribution in [3.63, 3.8) is 0 Å². The summed E-state index contributed by atoms with van der Waals surface area (Å²) >= 11 is 0. The molecule has 1 N–H and O–H groups in total. The predicted octanol–water partition coefficient (Wildman–Crippen LogP) is 2.49. The third-order valence-electron chi connectivity index (χ3n) is 4.26. The third kappa shape index (κ3) is 2.11. The molecule has 1 fully saturated rings. The van der Waals surface area contributed by atoms with Crippen molar-refractivity contribution < 1.29 is 4.79 Å². The van der Waals surface area contributed by atoms with Gasteiger partial charge in [-0.3, -0.25) is 9.89 Å². The lowest BCUT2D eigenvalue weighted by molar-refractivity contribution is -0.140. The number of aromatic amines is 1. The zero-order chi connectivity index (χ0) is 14.0. The summed E-state index contributed by atoms with van der Waals surface area (Å²) in [7, 11) is 1.87. The van der Waals surface area contributed by atoms with Gasteiger partial charge in [-0.05, 0) is 18.4 Å². The van der Waals surface area contributed by atoms with Crippen LogP contribution >= 0.6 is 0 Å². The molecule has 4 heteroatoms. The van der Waals surface area contributed by atoms with Crippen molar-refractivity contribution in [2.24, 2.45) is 0 Å². The van der Waals surface area contributed by atoms with Crippen molar-refractivity contribution in [2.75, 3.05) is 7.05 Å². The second kappa shape index (κ2) is 5.12. The number of carbonyl (C=O) groups is 1. The minimum absolute atomic E-state index is 0.219. The van der Waals surface area contributed by atoms with Crippen molar-refractivity contribution in [3.05, 3.63) is 53.9 Å². The fourth-order valence-electron chi connectivity index (χ4n) is 2.99. The lowest BCUT2D eigenvalue weighted by Gasteiger charge is -2.43. The maximum absolute atomic E-state index is 12.9. The van der Waals surface area contributed by atoms with E-state index >= 15 is 0 Å². The first kappa shape index (κ1) is 12.9. The predicted molar refractivity (Wildman–Crippen MR) is 77.0 cm³/mol. The van der Waals surface area contributed by atoms with Crippen molar-refractivity contribution in [1.29, 1.82) is 0 Å². The topological polar surface area (TPSA) is 49.0 Å². The summed E-state index contributed by atoms with van der Waals surface area (Å²) in [4.78, 5) is 14.7. The normalized spacial score (nSPS) is 16.4. The molecule has 1 aliphatic rings. The Morgan fingerprint density at radius 2 is 2.10 bits per heavy atom. The number of aromatic nitrogens is 2. The monoisotopic (exact) mass is 269 g/mol. The number of hydrogen-bond acceptors (Lipinski definition) is 2. The molecule has 4 nitrogen and oxygen atoms in total. The lowest BCUT2D eigenvalue weighted by Crippen LogP contribution is -2.49. The van der Waals surface area contributed by atoms with Crippen LogP contribution in [-0.2, 0) is 16.8 Å². The Bertz CT molecular complexity index is 573. The molecule has 104 valence electrons. The van der Waals surface area contributed by atoms with Gasteiger partial charge in [-0.15, -0.1) is 0 Å². The van der Waals surface area contributed by atoms with E-state index in [1.807, 2.05) is 36.3 Å². The second-order valence-electron chi connectivity index (χ2n) is 5.57. The lowest BCUT2D eigenvalue weighted by atomic mass is 9.63. The van der Waals surface area contributed by atoms with Crippen LogP contribution < -0.4 is 0 Å². The molecule has 3 rings (SSSR count). The van der Waals surface area contributed by atoms with E-state index in [4.69, 9.17) is 0 Å². The van der Waals surface area contributed by atoms with Crippen LogP contribution in [0.15, 0.2) is 42.7 Å². The van der Waals surface area contributed by atoms with Gasteiger partial charge in [-0.2, -0.15) is 5.10 Å². The smallest absolute Gasteiger partial charge is 0.233 e. The zero-order valence-corrected chi connectivity index (χ0v) is 11.7. The molecule has 1 saturated carbocycles. The SMILES string of the molecule is CN(Cc1cn[nH]c1)C(=O)C1(c2ccccc2)CCC1. The first-order chi connectivity index (χ1) is 9.72. The highest BCUT2D eigenvalue weighted by Crippen LogP contribution is 2.45. The highest BCUT2D eigenvalue weighted by molar-refractivity contribution is 5.89. The molecule has 1 heterocycles. The van der Waals surface area contributed by atoms with E-state index in [-0.39, 0.29) is 11.3 Å². The maximum atomic E-state index is 12.9. The summed E-state index contributed by atoms with van der Waals surface area (Å²) in [5.74, 6) is 0.219. The molecule has 0 aliphatic heterocycles. The van der Waals surface area contributed by atoms with Gasteiger partial charge in [0.15, 0.2) is 0 Å². The summed E-state index contributed by atoms with van der Waals surface area (Å²) in [5, 5.41) is 6.71. The average Bonchev–Trinajstić information content (AvgIpc) is 2.91. The van der Waals surface area contributed by atoms with Crippen LogP contribution in [0.1, 0.15) is 30.4 Å². The van der Waals surface area contributed by atoms with Gasteiger partial charge in [0, 0.05) is 25.4 Å². The molecule has 0 spiro atoms. The minimum atomic E-state index is -0.306. The number of H-pyrrole nitrogens is 1. The van der Waals surface area contributed by atoms with E-state index in [1.165, 1.54) is 0 Å². The summed E-state index contributed by atoms with van der Waals surface area (Å²) in [6.45, 7) is 0.601. The molecule has 20 heavy (non-hydrogen) atoms. The van der Waals surface area contributed by atoms with Gasteiger partial charge in [0.25, 0.3) is 0 Å². The number of rotatable bonds is 4. The molecule has 1 aromatic heterocycles. The van der Waals surface area contributed by atoms with Crippen LogP contribution in [0, 0.1) is 0 Å². The number of carbonyl (C=O) groups excluding carboxylic acids is 1. The third-order valence-corrected chi connectivity index (χ3v) is 4.26. The zero-order valence-electron chi connectivity index (χ0n) is 11.7. The Labute approximate surface area is 118 Å². The fourth-order valence-corrected chi connectivity index (χ4v) is 2.99. The minimum Gasteiger partial charge on any atom is -0.341 e. The van der Waals surface area contributed by atoms with Crippen LogP contribution in [0.5, 0.6) is 0 Å². The Kier molecular flexibility index (Phi) is 3.30. The molecular weight excluding hydrogens is 250 g/mol. The van der Waals surface area contributed by atoms with Crippen molar-refractivity contribution in [2.45, 2.75) is 31.2 Å². The molecule has 0 unspecified atom stereocenters. The van der Waals surface area contributed by atoms with Gasteiger partial charge in [-0.1, -0.05) is 36.8 Å². The average molecular weight is 269 g/mol. The van der Waals surface area contributed by atoms with Gasteiger partial charge in [-0.25, -0.2) is 0 Å². The van der Waals surface area contributed by atoms with E-state index < -0.39 is 0 Å². The Morgan fingerprint density at radius 3 is 2.65 bits per heavy atom. The van der Waals surface area contributed by atoms with Gasteiger partial charge in [0.2, 0.25) is 5.91 Å². The molecule has 0 radical (unpaired) electrons. The Balaban J connectivity index is 1.81. The first-order valence-corrected chi connectivity index (χ1v) is 7.01. The number of likely N-dealkylation sites (N-methyl/N-ethyl adjacent to an activating group) is 1. The number of hydrogen-bond donors (Lipinski definition) is 1. The van der Waals surface area contributed by atoms with Crippen molar-refractivity contribution in [1.82, 2.24) is 15.1 Å². The number of amides is 1. The summed E-state index contributed by atoms with van der Waals surface area (Å²) in [6.07, 6.45) is 6.62. The second-order valence-corrected chi connectivity index (χ2v) is 5.57. The molecule has 1 aromatic carbocycles. The van der Waals surface area contributed by atoms with Crippen LogP contribution in [0.25, 0.3) is 0 Å². The quantitative estimate of drug-likeness (QED) is 0.927. The summed E-state index contributed by atoms with van der Waals surface area (Å²) < 4.78 is 0. The number of nitrogens with one attached hydrogen (secondary N) is 1. The fraction of sp³-hybridized carbons (Fsp3) is 0.375. The molecule has 0 atom stereocenters. The molecule has 1 aliphatic carbocycles. The molecular formula is C16H19N3O. The molecule has 1 amide bonds. The summed E-state index contributed by atoms with van der Waals surface area (Å²) in [6, 6.07) is 10.2. The Hall–Kier alpha value is -2.10. The van der Waals surface area contributed by atoms with Gasteiger partial charge < -0.3 is 4.90 Å². The standard InChI is InChI=1S/C16H19N3O/c1-19(12-13-10-17-18-11-13)15(20)16(8-5-9-16)14-6-3-2-4-7-14/h2-4,6-7,10-11H,5,8-9,12H2,1H3,(H,17,18). The highest BCUT2D eigenvalue weighted by atomic mass is 16.2. The van der Waals surface area contributed by atoms with Gasteiger partial charge in [0.1, 0.15) is 0 Å². The maximum Gasteiger partial charge on any atom is 0.233 e. The van der Waals surface area contributed by atoms with Crippen LogP contribution in [0.2, 0.25) is 0 Å². The van der Waals surface area contributed by atoms with Crippen LogP contribution in [-0.4, -0.2) is 28.1 Å². The van der Waals surface area contributed by atoms with E-state index in [0.29, 0.717) is 6.54 Å². The van der Waals surface area contributed by atoms with Crippen LogP contribution in [0.3, 0.4) is 0 Å². The van der Waals surface area contributed by atoms with E-state index in [1.54, 1.807) is 6.20 Å². The Morgan fingerprint density at radius 1 is 1.35 bits per heavy atom.